The predicted molar refractivity (Wildman–Crippen MR) is 126 cm³/mol. The normalized spacial score (nSPS) is 18.2. The Morgan fingerprint density at radius 3 is 2.29 bits per heavy atom. The van der Waals surface area contributed by atoms with Crippen molar-refractivity contribution in [1.82, 2.24) is 4.90 Å². The molecule has 1 amide bonds. The zero-order valence-corrected chi connectivity index (χ0v) is 19.2. The largest absolute Gasteiger partial charge is 0.330 e. The van der Waals surface area contributed by atoms with Gasteiger partial charge in [-0.1, -0.05) is 75.4 Å². The second-order valence-electron chi connectivity index (χ2n) is 9.46. The molecular weight excluding hydrogens is 406 g/mol. The summed E-state index contributed by atoms with van der Waals surface area (Å²) in [5.74, 6) is 0.0549. The Morgan fingerprint density at radius 2 is 1.65 bits per heavy atom. The van der Waals surface area contributed by atoms with Crippen molar-refractivity contribution in [3.05, 3.63) is 83.4 Å². The summed E-state index contributed by atoms with van der Waals surface area (Å²) < 4.78 is 24.4. The lowest BCUT2D eigenvalue weighted by atomic mass is 9.86. The zero-order chi connectivity index (χ0) is 22.2. The molecule has 5 heteroatoms. The molecule has 1 heterocycles. The number of hydrogen-bond acceptors (Lipinski definition) is 3. The second kappa shape index (κ2) is 8.12. The van der Waals surface area contributed by atoms with Gasteiger partial charge >= 0.3 is 0 Å². The van der Waals surface area contributed by atoms with E-state index in [0.717, 1.165) is 21.9 Å². The van der Waals surface area contributed by atoms with Gasteiger partial charge in [-0.2, -0.15) is 0 Å². The average Bonchev–Trinajstić information content (AvgIpc) is 3.10. The van der Waals surface area contributed by atoms with E-state index in [9.17, 15) is 13.2 Å². The van der Waals surface area contributed by atoms with E-state index in [1.54, 1.807) is 4.90 Å². The molecule has 1 aliphatic heterocycles. The molecule has 31 heavy (non-hydrogen) atoms. The van der Waals surface area contributed by atoms with Crippen LogP contribution >= 0.6 is 0 Å². The van der Waals surface area contributed by atoms with Crippen LogP contribution in [0.4, 0.5) is 0 Å². The molecule has 1 atom stereocenters. The SMILES string of the molecule is CC(C)(C)c1ccc(C(=O)N(Cc2cccc3ccccc23)[C@H]2CCS(=O)(=O)C2)cc1. The molecule has 0 unspecified atom stereocenters. The number of benzene rings is 3. The molecule has 0 bridgehead atoms. The van der Waals surface area contributed by atoms with E-state index in [1.165, 1.54) is 0 Å². The van der Waals surface area contributed by atoms with Crippen molar-refractivity contribution < 1.29 is 13.2 Å². The van der Waals surface area contributed by atoms with E-state index in [1.807, 2.05) is 48.5 Å². The summed E-state index contributed by atoms with van der Waals surface area (Å²) in [4.78, 5) is 15.3. The summed E-state index contributed by atoms with van der Waals surface area (Å²) in [5.41, 5.74) is 2.79. The van der Waals surface area contributed by atoms with Gasteiger partial charge in [-0.05, 0) is 45.9 Å². The molecule has 0 radical (unpaired) electrons. The summed E-state index contributed by atoms with van der Waals surface area (Å²) in [6.45, 7) is 6.81. The lowest BCUT2D eigenvalue weighted by Crippen LogP contribution is -2.40. The third-order valence-electron chi connectivity index (χ3n) is 6.13. The fraction of sp³-hybridized carbons (Fsp3) is 0.346. The highest BCUT2D eigenvalue weighted by atomic mass is 32.2. The van der Waals surface area contributed by atoms with Crippen LogP contribution < -0.4 is 0 Å². The smallest absolute Gasteiger partial charge is 0.254 e. The van der Waals surface area contributed by atoms with Crippen LogP contribution in [0.5, 0.6) is 0 Å². The van der Waals surface area contributed by atoms with Crippen molar-refractivity contribution >= 4 is 26.5 Å². The van der Waals surface area contributed by atoms with Gasteiger partial charge in [0.05, 0.1) is 11.5 Å². The van der Waals surface area contributed by atoms with Gasteiger partial charge in [-0.25, -0.2) is 8.42 Å². The maximum atomic E-state index is 13.6. The number of sulfone groups is 1. The van der Waals surface area contributed by atoms with E-state index in [0.29, 0.717) is 18.5 Å². The molecule has 3 aromatic rings. The summed E-state index contributed by atoms with van der Waals surface area (Å²) in [6.07, 6.45) is 0.485. The minimum absolute atomic E-state index is 0.00372. The van der Waals surface area contributed by atoms with Crippen LogP contribution in [0.25, 0.3) is 10.8 Å². The van der Waals surface area contributed by atoms with E-state index in [-0.39, 0.29) is 28.9 Å². The number of carbonyl (C=O) groups excluding carboxylic acids is 1. The lowest BCUT2D eigenvalue weighted by molar-refractivity contribution is 0.0681. The first-order chi connectivity index (χ1) is 14.6. The highest BCUT2D eigenvalue weighted by Gasteiger charge is 2.35. The van der Waals surface area contributed by atoms with Gasteiger partial charge in [0, 0.05) is 18.2 Å². The Labute approximate surface area is 184 Å². The molecule has 3 aromatic carbocycles. The van der Waals surface area contributed by atoms with E-state index in [2.05, 4.69) is 39.0 Å². The molecule has 0 saturated carbocycles. The molecule has 4 nitrogen and oxygen atoms in total. The molecule has 0 aliphatic carbocycles. The Hall–Kier alpha value is -2.66. The maximum absolute atomic E-state index is 13.6. The van der Waals surface area contributed by atoms with E-state index in [4.69, 9.17) is 0 Å². The van der Waals surface area contributed by atoms with Crippen LogP contribution in [0.3, 0.4) is 0 Å². The van der Waals surface area contributed by atoms with Crippen molar-refractivity contribution in [2.75, 3.05) is 11.5 Å². The highest BCUT2D eigenvalue weighted by molar-refractivity contribution is 7.91. The highest BCUT2D eigenvalue weighted by Crippen LogP contribution is 2.27. The summed E-state index contributed by atoms with van der Waals surface area (Å²) >= 11 is 0. The van der Waals surface area contributed by atoms with E-state index < -0.39 is 9.84 Å². The molecule has 1 saturated heterocycles. The van der Waals surface area contributed by atoms with Gasteiger partial charge in [0.2, 0.25) is 0 Å². The number of nitrogens with zero attached hydrogens (tertiary/aromatic N) is 1. The van der Waals surface area contributed by atoms with Crippen molar-refractivity contribution in [2.45, 2.75) is 45.2 Å². The zero-order valence-electron chi connectivity index (χ0n) is 18.3. The van der Waals surface area contributed by atoms with Crippen molar-refractivity contribution in [3.63, 3.8) is 0 Å². The molecule has 1 fully saturated rings. The number of amides is 1. The van der Waals surface area contributed by atoms with Gasteiger partial charge in [-0.3, -0.25) is 4.79 Å². The maximum Gasteiger partial charge on any atom is 0.254 e. The average molecular weight is 436 g/mol. The van der Waals surface area contributed by atoms with Crippen LogP contribution in [0.1, 0.15) is 48.7 Å². The van der Waals surface area contributed by atoms with Crippen molar-refractivity contribution in [1.29, 1.82) is 0 Å². The Morgan fingerprint density at radius 1 is 0.968 bits per heavy atom. The van der Waals surface area contributed by atoms with Crippen molar-refractivity contribution in [2.24, 2.45) is 0 Å². The fourth-order valence-electron chi connectivity index (χ4n) is 4.28. The van der Waals surface area contributed by atoms with Crippen LogP contribution in [0.2, 0.25) is 0 Å². The van der Waals surface area contributed by atoms with Gasteiger partial charge in [-0.15, -0.1) is 0 Å². The first-order valence-electron chi connectivity index (χ1n) is 10.7. The van der Waals surface area contributed by atoms with Crippen LogP contribution in [0.15, 0.2) is 66.7 Å². The monoisotopic (exact) mass is 435 g/mol. The van der Waals surface area contributed by atoms with Gasteiger partial charge in [0.1, 0.15) is 0 Å². The summed E-state index contributed by atoms with van der Waals surface area (Å²) in [5, 5.41) is 2.20. The third kappa shape index (κ3) is 4.67. The number of hydrogen-bond donors (Lipinski definition) is 0. The second-order valence-corrected chi connectivity index (χ2v) is 11.7. The molecule has 1 aliphatic rings. The molecule has 0 spiro atoms. The first kappa shape index (κ1) is 21.6. The van der Waals surface area contributed by atoms with Crippen molar-refractivity contribution in [3.8, 4) is 0 Å². The van der Waals surface area contributed by atoms with Crippen LogP contribution in [-0.2, 0) is 21.8 Å². The summed E-state index contributed by atoms with van der Waals surface area (Å²) in [7, 11) is -3.11. The topological polar surface area (TPSA) is 54.5 Å². The van der Waals surface area contributed by atoms with E-state index >= 15 is 0 Å². The van der Waals surface area contributed by atoms with Crippen LogP contribution in [-0.4, -0.2) is 36.8 Å². The lowest BCUT2D eigenvalue weighted by Gasteiger charge is -2.29. The molecule has 162 valence electrons. The number of rotatable bonds is 4. The predicted octanol–water partition coefficient (Wildman–Crippen LogP) is 4.97. The Kier molecular flexibility index (Phi) is 5.65. The molecule has 0 N–H and O–H groups in total. The summed E-state index contributed by atoms with van der Waals surface area (Å²) in [6, 6.07) is 21.6. The number of fused-ring (bicyclic) bond motifs is 1. The number of carbonyl (C=O) groups is 1. The minimum atomic E-state index is -3.11. The molecular formula is C26H29NO3S. The Balaban J connectivity index is 1.70. The quantitative estimate of drug-likeness (QED) is 0.582. The standard InChI is InChI=1S/C26H29NO3S/c1-26(2,3)22-13-11-20(12-14-22)25(28)27(23-15-16-31(29,30)18-23)17-21-9-6-8-19-7-4-5-10-24(19)21/h4-14,23H,15-18H2,1-3H3/t23-/m0/s1. The first-order valence-corrected chi connectivity index (χ1v) is 12.5. The third-order valence-corrected chi connectivity index (χ3v) is 7.88. The molecule has 4 rings (SSSR count). The fourth-order valence-corrected chi connectivity index (χ4v) is 6.01. The molecule has 0 aromatic heterocycles. The van der Waals surface area contributed by atoms with Gasteiger partial charge in [0.25, 0.3) is 5.91 Å². The van der Waals surface area contributed by atoms with Gasteiger partial charge < -0.3 is 4.90 Å². The minimum Gasteiger partial charge on any atom is -0.330 e. The van der Waals surface area contributed by atoms with Gasteiger partial charge in [0.15, 0.2) is 9.84 Å². The Bertz CT molecular complexity index is 1200. The van der Waals surface area contributed by atoms with Crippen LogP contribution in [0, 0.1) is 0 Å².